The first-order valence-electron chi connectivity index (χ1n) is 12.9. The van der Waals surface area contributed by atoms with Crippen LogP contribution in [0.2, 0.25) is 0 Å². The van der Waals surface area contributed by atoms with Crippen molar-refractivity contribution in [3.63, 3.8) is 0 Å². The van der Waals surface area contributed by atoms with Crippen molar-refractivity contribution < 1.29 is 32.9 Å². The summed E-state index contributed by atoms with van der Waals surface area (Å²) in [7, 11) is 1.51. The zero-order valence-corrected chi connectivity index (χ0v) is 22.9. The molecule has 2 N–H and O–H groups in total. The van der Waals surface area contributed by atoms with Gasteiger partial charge in [-0.3, -0.25) is 14.8 Å². The van der Waals surface area contributed by atoms with Crippen LogP contribution in [0.5, 0.6) is 23.0 Å². The summed E-state index contributed by atoms with van der Waals surface area (Å²) in [5.74, 6) is -1.59. The number of pyridine rings is 3. The Balaban J connectivity index is 1.44. The smallest absolute Gasteiger partial charge is 0.261 e. The number of hydrogen-bond donors (Lipinski definition) is 2. The Morgan fingerprint density at radius 1 is 1.02 bits per heavy atom. The number of nitrogens with one attached hydrogen (secondary N) is 1. The lowest BCUT2D eigenvalue weighted by Gasteiger charge is -2.17. The SMILES string of the molecule is CCOCc1nc(C)c(-c2ccc(F)cc2)c(O)c1C(=O)Nc1ccc(Oc2ccnc3cc(OC)cnc23)c(F)c1. The highest BCUT2D eigenvalue weighted by molar-refractivity contribution is 6.08. The molecule has 0 bridgehead atoms. The number of benzene rings is 2. The lowest BCUT2D eigenvalue weighted by atomic mass is 9.98. The van der Waals surface area contributed by atoms with E-state index in [0.717, 1.165) is 6.07 Å². The molecule has 1 amide bonds. The number of nitrogens with zero attached hydrogens (tertiary/aromatic N) is 3. The van der Waals surface area contributed by atoms with Gasteiger partial charge in [-0.05, 0) is 43.7 Å². The van der Waals surface area contributed by atoms with Gasteiger partial charge in [0, 0.05) is 47.9 Å². The molecular weight excluding hydrogens is 546 g/mol. The fourth-order valence-corrected chi connectivity index (χ4v) is 4.41. The Bertz CT molecular complexity index is 1780. The van der Waals surface area contributed by atoms with Crippen molar-refractivity contribution in [3.05, 3.63) is 95.6 Å². The van der Waals surface area contributed by atoms with E-state index in [4.69, 9.17) is 14.2 Å². The average molecular weight is 573 g/mol. The largest absolute Gasteiger partial charge is 0.506 e. The molecule has 2 aromatic carbocycles. The molecule has 3 aromatic heterocycles. The van der Waals surface area contributed by atoms with Crippen LogP contribution in [0.3, 0.4) is 0 Å². The van der Waals surface area contributed by atoms with Gasteiger partial charge in [-0.25, -0.2) is 13.8 Å². The molecule has 0 saturated carbocycles. The normalized spacial score (nSPS) is 11.0. The Morgan fingerprint density at radius 3 is 2.52 bits per heavy atom. The Labute approximate surface area is 239 Å². The lowest BCUT2D eigenvalue weighted by Crippen LogP contribution is -2.17. The van der Waals surface area contributed by atoms with E-state index < -0.39 is 17.5 Å². The monoisotopic (exact) mass is 572 g/mol. The van der Waals surface area contributed by atoms with Crippen LogP contribution in [0.4, 0.5) is 14.5 Å². The molecule has 0 atom stereocenters. The van der Waals surface area contributed by atoms with Gasteiger partial charge in [0.2, 0.25) is 0 Å². The summed E-state index contributed by atoms with van der Waals surface area (Å²) in [5, 5.41) is 13.9. The number of ether oxygens (including phenoxy) is 3. The molecule has 0 fully saturated rings. The Morgan fingerprint density at radius 2 is 1.81 bits per heavy atom. The zero-order valence-electron chi connectivity index (χ0n) is 22.9. The number of amides is 1. The molecule has 0 saturated heterocycles. The van der Waals surface area contributed by atoms with Crippen molar-refractivity contribution >= 4 is 22.6 Å². The summed E-state index contributed by atoms with van der Waals surface area (Å²) in [6, 6.07) is 12.6. The Hall–Kier alpha value is -5.16. The van der Waals surface area contributed by atoms with E-state index in [1.807, 2.05) is 0 Å². The average Bonchev–Trinajstić information content (AvgIpc) is 2.98. The van der Waals surface area contributed by atoms with Crippen LogP contribution in [0.25, 0.3) is 22.2 Å². The quantitative estimate of drug-likeness (QED) is 0.204. The molecule has 0 spiro atoms. The van der Waals surface area contributed by atoms with Gasteiger partial charge in [-0.1, -0.05) is 12.1 Å². The molecule has 214 valence electrons. The predicted octanol–water partition coefficient (Wildman–Crippen LogP) is 6.57. The fraction of sp³-hybridized carbons (Fsp3) is 0.161. The maximum atomic E-state index is 15.2. The second-order valence-corrected chi connectivity index (χ2v) is 9.14. The van der Waals surface area contributed by atoms with Crippen LogP contribution in [0.1, 0.15) is 28.7 Å². The van der Waals surface area contributed by atoms with E-state index >= 15 is 4.39 Å². The molecule has 0 aliphatic carbocycles. The van der Waals surface area contributed by atoms with Gasteiger partial charge < -0.3 is 24.6 Å². The minimum Gasteiger partial charge on any atom is -0.506 e. The summed E-state index contributed by atoms with van der Waals surface area (Å²) in [5.41, 5.74) is 2.25. The molecule has 5 rings (SSSR count). The van der Waals surface area contributed by atoms with Crippen LogP contribution in [-0.4, -0.2) is 39.7 Å². The van der Waals surface area contributed by atoms with E-state index in [1.54, 1.807) is 26.0 Å². The number of anilines is 1. The maximum Gasteiger partial charge on any atom is 0.261 e. The first-order valence-corrected chi connectivity index (χ1v) is 12.9. The number of methoxy groups -OCH3 is 1. The van der Waals surface area contributed by atoms with E-state index in [2.05, 4.69) is 20.3 Å². The number of aryl methyl sites for hydroxylation is 1. The molecule has 5 aromatic rings. The van der Waals surface area contributed by atoms with Crippen LogP contribution >= 0.6 is 0 Å². The second kappa shape index (κ2) is 12.1. The molecule has 0 aliphatic rings. The van der Waals surface area contributed by atoms with Crippen LogP contribution < -0.4 is 14.8 Å². The lowest BCUT2D eigenvalue weighted by molar-refractivity contribution is 0.100. The van der Waals surface area contributed by atoms with Gasteiger partial charge >= 0.3 is 0 Å². The van der Waals surface area contributed by atoms with Gasteiger partial charge in [0.05, 0.1) is 31.1 Å². The summed E-state index contributed by atoms with van der Waals surface area (Å²) >= 11 is 0. The third-order valence-corrected chi connectivity index (χ3v) is 6.39. The second-order valence-electron chi connectivity index (χ2n) is 9.14. The molecule has 3 heterocycles. The Kier molecular flexibility index (Phi) is 8.21. The number of halogens is 2. The number of aromatic nitrogens is 3. The van der Waals surface area contributed by atoms with E-state index in [1.165, 1.54) is 55.9 Å². The molecule has 0 radical (unpaired) electrons. The van der Waals surface area contributed by atoms with Gasteiger partial charge in [-0.2, -0.15) is 0 Å². The molecule has 42 heavy (non-hydrogen) atoms. The van der Waals surface area contributed by atoms with E-state index in [-0.39, 0.29) is 46.4 Å². The number of aromatic hydroxyl groups is 1. The highest BCUT2D eigenvalue weighted by Gasteiger charge is 2.25. The number of fused-ring (bicyclic) bond motifs is 1. The summed E-state index contributed by atoms with van der Waals surface area (Å²) in [6.45, 7) is 3.76. The van der Waals surface area contributed by atoms with Crippen LogP contribution in [0, 0.1) is 18.6 Å². The molecule has 0 aliphatic heterocycles. The number of carbonyl (C=O) groups is 1. The standard InChI is InChI=1S/C31H26F2N4O5/c1-4-41-16-24-28(30(38)27(17(2)36-24)18-5-7-19(32)8-6-18)31(39)37-20-9-10-25(22(33)13-20)42-26-11-12-34-23-14-21(40-3)15-35-29(23)26/h5-15H,4,16H2,1-3H3,(H,36,38)(H,37,39). The van der Waals surface area contributed by atoms with Crippen molar-refractivity contribution in [1.29, 1.82) is 0 Å². The predicted molar refractivity (Wildman–Crippen MR) is 152 cm³/mol. The van der Waals surface area contributed by atoms with E-state index in [0.29, 0.717) is 34.6 Å². The highest BCUT2D eigenvalue weighted by atomic mass is 19.1. The van der Waals surface area contributed by atoms with Crippen molar-refractivity contribution in [1.82, 2.24) is 15.0 Å². The van der Waals surface area contributed by atoms with Gasteiger partial charge in [0.1, 0.15) is 28.4 Å². The highest BCUT2D eigenvalue weighted by Crippen LogP contribution is 2.37. The van der Waals surface area contributed by atoms with Crippen LogP contribution in [-0.2, 0) is 11.3 Å². The third-order valence-electron chi connectivity index (χ3n) is 6.39. The summed E-state index contributed by atoms with van der Waals surface area (Å²) in [4.78, 5) is 26.5. The summed E-state index contributed by atoms with van der Waals surface area (Å²) in [6.07, 6.45) is 3.01. The van der Waals surface area contributed by atoms with Crippen LogP contribution in [0.15, 0.2) is 67.0 Å². The van der Waals surface area contributed by atoms with Gasteiger partial charge in [0.15, 0.2) is 17.3 Å². The zero-order chi connectivity index (χ0) is 29.8. The summed E-state index contributed by atoms with van der Waals surface area (Å²) < 4.78 is 45.1. The fourth-order valence-electron chi connectivity index (χ4n) is 4.41. The number of carbonyl (C=O) groups excluding carboxylic acids is 1. The number of hydrogen-bond acceptors (Lipinski definition) is 8. The van der Waals surface area contributed by atoms with Crippen molar-refractivity contribution in [3.8, 4) is 34.1 Å². The topological polar surface area (TPSA) is 116 Å². The molecule has 9 nitrogen and oxygen atoms in total. The third kappa shape index (κ3) is 5.81. The molecule has 0 unspecified atom stereocenters. The van der Waals surface area contributed by atoms with E-state index in [9.17, 15) is 14.3 Å². The van der Waals surface area contributed by atoms with Crippen molar-refractivity contribution in [2.24, 2.45) is 0 Å². The van der Waals surface area contributed by atoms with Crippen molar-refractivity contribution in [2.75, 3.05) is 19.0 Å². The molecular formula is C31H26F2N4O5. The van der Waals surface area contributed by atoms with Gasteiger partial charge in [-0.15, -0.1) is 0 Å². The minimum atomic E-state index is -0.751. The molecule has 11 heteroatoms. The van der Waals surface area contributed by atoms with Crippen molar-refractivity contribution in [2.45, 2.75) is 20.5 Å². The first-order chi connectivity index (χ1) is 20.3. The first kappa shape index (κ1) is 28.4. The minimum absolute atomic E-state index is 0.0434. The van der Waals surface area contributed by atoms with Gasteiger partial charge in [0.25, 0.3) is 5.91 Å². The number of rotatable bonds is 9. The maximum absolute atomic E-state index is 15.2.